The number of aromatic nitrogens is 2. The van der Waals surface area contributed by atoms with Crippen LogP contribution in [0.3, 0.4) is 0 Å². The summed E-state index contributed by atoms with van der Waals surface area (Å²) in [5.41, 5.74) is 0.937. The second-order valence-electron chi connectivity index (χ2n) is 4.92. The van der Waals surface area contributed by atoms with E-state index in [1.807, 2.05) is 0 Å². The third-order valence-electron chi connectivity index (χ3n) is 2.43. The van der Waals surface area contributed by atoms with Gasteiger partial charge in [-0.05, 0) is 12.5 Å². The molecular weight excluding hydrogens is 214 g/mol. The third kappa shape index (κ3) is 4.30. The van der Waals surface area contributed by atoms with Gasteiger partial charge in [0.25, 0.3) is 0 Å². The predicted octanol–water partition coefficient (Wildman–Crippen LogP) is 2.35. The van der Waals surface area contributed by atoms with Gasteiger partial charge in [0.15, 0.2) is 5.75 Å². The van der Waals surface area contributed by atoms with E-state index >= 15 is 0 Å². The van der Waals surface area contributed by atoms with Gasteiger partial charge in [0.2, 0.25) is 0 Å². The van der Waals surface area contributed by atoms with Crippen LogP contribution in [0.2, 0.25) is 0 Å². The molecule has 1 rings (SSSR count). The first kappa shape index (κ1) is 13.9. The number of nitrogens with one attached hydrogen (secondary N) is 1. The normalized spacial score (nSPS) is 11.2. The minimum Gasteiger partial charge on any atom is -0.493 e. The smallest absolute Gasteiger partial charge is 0.159 e. The first-order valence-electron chi connectivity index (χ1n) is 6.15. The average molecular weight is 237 g/mol. The Hall–Kier alpha value is -1.16. The summed E-state index contributed by atoms with van der Waals surface area (Å²) >= 11 is 0. The van der Waals surface area contributed by atoms with Crippen molar-refractivity contribution in [2.45, 2.75) is 40.2 Å². The fraction of sp³-hybridized carbons (Fsp3) is 0.692. The van der Waals surface area contributed by atoms with Crippen molar-refractivity contribution in [3.05, 3.63) is 17.7 Å². The van der Waals surface area contributed by atoms with Crippen LogP contribution in [0.25, 0.3) is 0 Å². The predicted molar refractivity (Wildman–Crippen MR) is 69.2 cm³/mol. The zero-order valence-electron chi connectivity index (χ0n) is 11.4. The molecule has 1 aromatic heterocycles. The summed E-state index contributed by atoms with van der Waals surface area (Å²) < 4.78 is 5.27. The summed E-state index contributed by atoms with van der Waals surface area (Å²) in [6.45, 7) is 10.3. The lowest BCUT2D eigenvalue weighted by molar-refractivity contribution is 0.399. The molecule has 0 aliphatic carbocycles. The molecule has 0 saturated heterocycles. The Morgan fingerprint density at radius 1 is 1.29 bits per heavy atom. The van der Waals surface area contributed by atoms with Crippen LogP contribution in [-0.2, 0) is 6.54 Å². The van der Waals surface area contributed by atoms with Crippen molar-refractivity contribution in [3.8, 4) is 5.75 Å². The second-order valence-corrected chi connectivity index (χ2v) is 4.92. The molecule has 4 heteroatoms. The van der Waals surface area contributed by atoms with Crippen LogP contribution in [0.1, 0.15) is 45.1 Å². The highest BCUT2D eigenvalue weighted by molar-refractivity contribution is 5.25. The summed E-state index contributed by atoms with van der Waals surface area (Å²) in [7, 11) is 1.65. The first-order chi connectivity index (χ1) is 8.04. The molecule has 0 unspecified atom stereocenters. The number of ether oxygens (including phenoxy) is 1. The van der Waals surface area contributed by atoms with Crippen LogP contribution in [0.15, 0.2) is 6.20 Å². The van der Waals surface area contributed by atoms with Crippen LogP contribution in [0.5, 0.6) is 5.75 Å². The van der Waals surface area contributed by atoms with Crippen molar-refractivity contribution in [2.75, 3.05) is 13.7 Å². The fourth-order valence-electron chi connectivity index (χ4n) is 1.48. The van der Waals surface area contributed by atoms with Crippen LogP contribution in [0.4, 0.5) is 0 Å². The number of rotatable bonds is 6. The van der Waals surface area contributed by atoms with E-state index in [-0.39, 0.29) is 0 Å². The Morgan fingerprint density at radius 2 is 2.00 bits per heavy atom. The highest BCUT2D eigenvalue weighted by atomic mass is 16.5. The fourth-order valence-corrected chi connectivity index (χ4v) is 1.48. The van der Waals surface area contributed by atoms with E-state index in [0.717, 1.165) is 30.4 Å². The third-order valence-corrected chi connectivity index (χ3v) is 2.43. The van der Waals surface area contributed by atoms with E-state index in [9.17, 15) is 0 Å². The zero-order valence-corrected chi connectivity index (χ0v) is 11.4. The Labute approximate surface area is 104 Å². The monoisotopic (exact) mass is 237 g/mol. The van der Waals surface area contributed by atoms with Crippen LogP contribution < -0.4 is 10.1 Å². The summed E-state index contributed by atoms with van der Waals surface area (Å²) in [5.74, 6) is 2.59. The van der Waals surface area contributed by atoms with E-state index in [0.29, 0.717) is 11.8 Å². The lowest BCUT2D eigenvalue weighted by Gasteiger charge is -2.12. The molecule has 0 atom stereocenters. The zero-order chi connectivity index (χ0) is 12.8. The van der Waals surface area contributed by atoms with Crippen LogP contribution >= 0.6 is 0 Å². The number of nitrogens with zero attached hydrogens (tertiary/aromatic N) is 2. The molecule has 0 fully saturated rings. The maximum absolute atomic E-state index is 5.27. The topological polar surface area (TPSA) is 47.0 Å². The second kappa shape index (κ2) is 6.55. The lowest BCUT2D eigenvalue weighted by Crippen LogP contribution is -2.20. The highest BCUT2D eigenvalue weighted by Crippen LogP contribution is 2.17. The first-order valence-corrected chi connectivity index (χ1v) is 6.15. The molecule has 1 N–H and O–H groups in total. The SMILES string of the molecule is COc1cnc(C(C)C)nc1CNCC(C)C. The van der Waals surface area contributed by atoms with Gasteiger partial charge in [0, 0.05) is 12.5 Å². The Bertz CT molecular complexity index is 351. The molecule has 0 amide bonds. The van der Waals surface area contributed by atoms with Crippen molar-refractivity contribution in [1.82, 2.24) is 15.3 Å². The van der Waals surface area contributed by atoms with E-state index < -0.39 is 0 Å². The molecule has 0 radical (unpaired) electrons. The Morgan fingerprint density at radius 3 is 2.53 bits per heavy atom. The van der Waals surface area contributed by atoms with Crippen LogP contribution in [-0.4, -0.2) is 23.6 Å². The molecule has 0 saturated carbocycles. The molecule has 1 aromatic rings. The molecule has 1 heterocycles. The Balaban J connectivity index is 2.75. The van der Waals surface area contributed by atoms with Crippen molar-refractivity contribution < 1.29 is 4.74 Å². The quantitative estimate of drug-likeness (QED) is 0.825. The van der Waals surface area contributed by atoms with Gasteiger partial charge in [-0.1, -0.05) is 27.7 Å². The van der Waals surface area contributed by atoms with Gasteiger partial charge in [-0.2, -0.15) is 0 Å². The molecular formula is C13H23N3O. The maximum Gasteiger partial charge on any atom is 0.159 e. The minimum absolute atomic E-state index is 0.338. The minimum atomic E-state index is 0.338. The average Bonchev–Trinajstić information content (AvgIpc) is 2.28. The van der Waals surface area contributed by atoms with Gasteiger partial charge < -0.3 is 10.1 Å². The maximum atomic E-state index is 5.27. The summed E-state index contributed by atoms with van der Waals surface area (Å²) in [6.07, 6.45) is 1.76. The van der Waals surface area contributed by atoms with Gasteiger partial charge in [-0.15, -0.1) is 0 Å². The summed E-state index contributed by atoms with van der Waals surface area (Å²) in [6, 6.07) is 0. The van der Waals surface area contributed by atoms with Crippen molar-refractivity contribution in [3.63, 3.8) is 0 Å². The molecule has 0 spiro atoms. The summed E-state index contributed by atoms with van der Waals surface area (Å²) in [5, 5.41) is 3.37. The van der Waals surface area contributed by atoms with E-state index in [4.69, 9.17) is 4.74 Å². The number of hydrogen-bond donors (Lipinski definition) is 1. The van der Waals surface area contributed by atoms with Gasteiger partial charge in [0.05, 0.1) is 19.0 Å². The molecule has 0 aromatic carbocycles. The Kier molecular flexibility index (Phi) is 5.35. The van der Waals surface area contributed by atoms with Gasteiger partial charge in [-0.25, -0.2) is 9.97 Å². The number of methoxy groups -OCH3 is 1. The molecule has 0 bridgehead atoms. The largest absolute Gasteiger partial charge is 0.493 e. The summed E-state index contributed by atoms with van der Waals surface area (Å²) in [4.78, 5) is 8.83. The molecule has 96 valence electrons. The molecule has 17 heavy (non-hydrogen) atoms. The van der Waals surface area contributed by atoms with Crippen LogP contribution in [0, 0.1) is 5.92 Å². The standard InChI is InChI=1S/C13H23N3O/c1-9(2)6-14-7-11-12(17-5)8-15-13(16-11)10(3)4/h8-10,14H,6-7H2,1-5H3. The van der Waals surface area contributed by atoms with Gasteiger partial charge in [-0.3, -0.25) is 0 Å². The highest BCUT2D eigenvalue weighted by Gasteiger charge is 2.09. The van der Waals surface area contributed by atoms with Gasteiger partial charge in [0.1, 0.15) is 5.82 Å². The van der Waals surface area contributed by atoms with E-state index in [1.165, 1.54) is 0 Å². The van der Waals surface area contributed by atoms with E-state index in [2.05, 4.69) is 43.0 Å². The molecule has 4 nitrogen and oxygen atoms in total. The van der Waals surface area contributed by atoms with Crippen molar-refractivity contribution >= 4 is 0 Å². The molecule has 0 aliphatic rings. The van der Waals surface area contributed by atoms with Gasteiger partial charge >= 0.3 is 0 Å². The van der Waals surface area contributed by atoms with E-state index in [1.54, 1.807) is 13.3 Å². The van der Waals surface area contributed by atoms with Crippen molar-refractivity contribution in [1.29, 1.82) is 0 Å². The van der Waals surface area contributed by atoms with Crippen molar-refractivity contribution in [2.24, 2.45) is 5.92 Å². The molecule has 0 aliphatic heterocycles. The lowest BCUT2D eigenvalue weighted by atomic mass is 10.2. The number of hydrogen-bond acceptors (Lipinski definition) is 4.